The van der Waals surface area contributed by atoms with Crippen LogP contribution in [0.4, 0.5) is 0 Å². The van der Waals surface area contributed by atoms with E-state index in [0.29, 0.717) is 41.1 Å². The molecule has 6 nitrogen and oxygen atoms in total. The lowest BCUT2D eigenvalue weighted by Crippen LogP contribution is -2.14. The van der Waals surface area contributed by atoms with Crippen molar-refractivity contribution in [2.75, 3.05) is 19.5 Å². The van der Waals surface area contributed by atoms with E-state index in [0.717, 1.165) is 3.57 Å². The van der Waals surface area contributed by atoms with Crippen LogP contribution in [0.15, 0.2) is 22.1 Å². The second kappa shape index (κ2) is 8.39. The highest BCUT2D eigenvalue weighted by Gasteiger charge is 2.18. The van der Waals surface area contributed by atoms with Crippen molar-refractivity contribution in [2.24, 2.45) is 0 Å². The average Bonchev–Trinajstić information content (AvgIpc) is 2.57. The summed E-state index contributed by atoms with van der Waals surface area (Å²) >= 11 is 3.45. The van der Waals surface area contributed by atoms with Crippen molar-refractivity contribution >= 4 is 34.4 Å². The fourth-order valence-corrected chi connectivity index (χ4v) is 3.25. The Balaban J connectivity index is 2.71. The van der Waals surface area contributed by atoms with Crippen LogP contribution in [-0.4, -0.2) is 29.4 Å². The van der Waals surface area contributed by atoms with Crippen LogP contribution in [0, 0.1) is 14.9 Å². The number of benzene rings is 1. The molecule has 1 aromatic heterocycles. The van der Waals surface area contributed by atoms with Crippen LogP contribution >= 0.6 is 34.4 Å². The van der Waals surface area contributed by atoms with Gasteiger partial charge in [-0.05, 0) is 54.8 Å². The molecule has 0 atom stereocenters. The number of aromatic amines is 1. The normalized spacial score (nSPS) is 10.3. The molecule has 0 unspecified atom stereocenters. The molecular formula is C16H16IN3O3S. The Morgan fingerprint density at radius 2 is 2.04 bits per heavy atom. The summed E-state index contributed by atoms with van der Waals surface area (Å²) in [5.74, 6) is 1.22. The molecule has 126 valence electrons. The molecule has 2 rings (SSSR count). The summed E-state index contributed by atoms with van der Waals surface area (Å²) in [6, 6.07) is 5.52. The molecule has 0 fully saturated rings. The van der Waals surface area contributed by atoms with Gasteiger partial charge in [0.05, 0.1) is 22.5 Å². The van der Waals surface area contributed by atoms with Crippen molar-refractivity contribution in [3.63, 3.8) is 0 Å². The summed E-state index contributed by atoms with van der Waals surface area (Å²) in [5, 5.41) is 9.78. The molecule has 0 bridgehead atoms. The third-order valence-corrected chi connectivity index (χ3v) is 4.46. The summed E-state index contributed by atoms with van der Waals surface area (Å²) < 4.78 is 12.1. The van der Waals surface area contributed by atoms with Crippen LogP contribution in [0.1, 0.15) is 19.4 Å². The summed E-state index contributed by atoms with van der Waals surface area (Å²) in [6.07, 6.45) is 1.81. The number of aromatic nitrogens is 2. The van der Waals surface area contributed by atoms with Crippen LogP contribution in [0.3, 0.4) is 0 Å². The van der Waals surface area contributed by atoms with Gasteiger partial charge in [0.1, 0.15) is 11.6 Å². The van der Waals surface area contributed by atoms with Gasteiger partial charge in [0.15, 0.2) is 16.7 Å². The molecule has 0 radical (unpaired) electrons. The Hall–Kier alpha value is -1.73. The average molecular weight is 457 g/mol. The SMILES string of the molecule is CCOc1cc(-c2nc(SC)[nH]c(=O)c2C#N)cc(I)c1OCC. The van der Waals surface area contributed by atoms with E-state index in [1.54, 1.807) is 6.07 Å². The predicted molar refractivity (Wildman–Crippen MR) is 102 cm³/mol. The Bertz CT molecular complexity index is 846. The van der Waals surface area contributed by atoms with E-state index in [-0.39, 0.29) is 5.56 Å². The number of nitrogens with zero attached hydrogens (tertiary/aromatic N) is 2. The van der Waals surface area contributed by atoms with Gasteiger partial charge in [-0.25, -0.2) is 4.98 Å². The maximum atomic E-state index is 12.1. The zero-order chi connectivity index (χ0) is 17.7. The maximum absolute atomic E-state index is 12.1. The zero-order valence-corrected chi connectivity index (χ0v) is 16.4. The number of rotatable bonds is 6. The van der Waals surface area contributed by atoms with Crippen molar-refractivity contribution in [3.05, 3.63) is 31.6 Å². The summed E-state index contributed by atoms with van der Waals surface area (Å²) in [5.41, 5.74) is 0.515. The monoisotopic (exact) mass is 457 g/mol. The van der Waals surface area contributed by atoms with Gasteiger partial charge in [-0.3, -0.25) is 4.79 Å². The van der Waals surface area contributed by atoms with Gasteiger partial charge in [-0.2, -0.15) is 5.26 Å². The molecule has 2 aromatic rings. The van der Waals surface area contributed by atoms with Crippen LogP contribution in [0.5, 0.6) is 11.5 Å². The molecule has 1 N–H and O–H groups in total. The summed E-state index contributed by atoms with van der Waals surface area (Å²) in [4.78, 5) is 19.1. The third kappa shape index (κ3) is 3.84. The first-order chi connectivity index (χ1) is 11.5. The van der Waals surface area contributed by atoms with Gasteiger partial charge in [0, 0.05) is 5.56 Å². The fraction of sp³-hybridized carbons (Fsp3) is 0.312. The molecule has 1 heterocycles. The van der Waals surface area contributed by atoms with Crippen molar-refractivity contribution in [3.8, 4) is 28.8 Å². The first-order valence-electron chi connectivity index (χ1n) is 7.23. The molecule has 1 aromatic carbocycles. The zero-order valence-electron chi connectivity index (χ0n) is 13.5. The number of nitriles is 1. The van der Waals surface area contributed by atoms with Crippen molar-refractivity contribution in [2.45, 2.75) is 19.0 Å². The first kappa shape index (κ1) is 18.6. The lowest BCUT2D eigenvalue weighted by molar-refractivity contribution is 0.286. The lowest BCUT2D eigenvalue weighted by atomic mass is 10.1. The molecule has 24 heavy (non-hydrogen) atoms. The van der Waals surface area contributed by atoms with Crippen LogP contribution in [0.2, 0.25) is 0 Å². The lowest BCUT2D eigenvalue weighted by Gasteiger charge is -2.15. The summed E-state index contributed by atoms with van der Waals surface area (Å²) in [6.45, 7) is 4.77. The van der Waals surface area contributed by atoms with Crippen molar-refractivity contribution < 1.29 is 9.47 Å². The smallest absolute Gasteiger partial charge is 0.270 e. The minimum Gasteiger partial charge on any atom is -0.490 e. The van der Waals surface area contributed by atoms with E-state index in [1.807, 2.05) is 32.2 Å². The molecule has 0 spiro atoms. The number of hydrogen-bond acceptors (Lipinski definition) is 6. The number of thioether (sulfide) groups is 1. The number of ether oxygens (including phenoxy) is 2. The Morgan fingerprint density at radius 1 is 1.33 bits per heavy atom. The third-order valence-electron chi connectivity index (χ3n) is 3.07. The van der Waals surface area contributed by atoms with E-state index < -0.39 is 5.56 Å². The van der Waals surface area contributed by atoms with Gasteiger partial charge in [0.2, 0.25) is 0 Å². The fourth-order valence-electron chi connectivity index (χ4n) is 2.11. The Kier molecular flexibility index (Phi) is 6.51. The van der Waals surface area contributed by atoms with Crippen LogP contribution in [-0.2, 0) is 0 Å². The summed E-state index contributed by atoms with van der Waals surface area (Å²) in [7, 11) is 0. The van der Waals surface area contributed by atoms with Crippen LogP contribution in [0.25, 0.3) is 11.3 Å². The minimum absolute atomic E-state index is 0.0183. The van der Waals surface area contributed by atoms with E-state index in [1.165, 1.54) is 11.8 Å². The second-order valence-electron chi connectivity index (χ2n) is 4.56. The number of nitrogens with one attached hydrogen (secondary N) is 1. The highest BCUT2D eigenvalue weighted by molar-refractivity contribution is 14.1. The molecular weight excluding hydrogens is 441 g/mol. The maximum Gasteiger partial charge on any atom is 0.270 e. The highest BCUT2D eigenvalue weighted by atomic mass is 127. The number of halogens is 1. The van der Waals surface area contributed by atoms with E-state index in [4.69, 9.17) is 9.47 Å². The van der Waals surface area contributed by atoms with Crippen LogP contribution < -0.4 is 15.0 Å². The quantitative estimate of drug-likeness (QED) is 0.406. The predicted octanol–water partition coefficient (Wildman–Crippen LogP) is 3.43. The topological polar surface area (TPSA) is 88.0 Å². The van der Waals surface area contributed by atoms with Gasteiger partial charge in [-0.1, -0.05) is 11.8 Å². The van der Waals surface area contributed by atoms with E-state index in [2.05, 4.69) is 32.6 Å². The second-order valence-corrected chi connectivity index (χ2v) is 6.52. The highest BCUT2D eigenvalue weighted by Crippen LogP contribution is 2.37. The molecule has 8 heteroatoms. The first-order valence-corrected chi connectivity index (χ1v) is 9.53. The standard InChI is InChI=1S/C16H16IN3O3S/c1-4-22-12-7-9(6-11(17)14(12)23-5-2)13-10(8-18)15(21)20-16(19-13)24-3/h6-7H,4-5H2,1-3H3,(H,19,20,21). The molecule has 0 saturated heterocycles. The molecule has 0 amide bonds. The Morgan fingerprint density at radius 3 is 2.62 bits per heavy atom. The van der Waals surface area contributed by atoms with Gasteiger partial charge >= 0.3 is 0 Å². The molecule has 0 aliphatic rings. The largest absolute Gasteiger partial charge is 0.490 e. The number of H-pyrrole nitrogens is 1. The van der Waals surface area contributed by atoms with Crippen molar-refractivity contribution in [1.82, 2.24) is 9.97 Å². The van der Waals surface area contributed by atoms with Gasteiger partial charge in [-0.15, -0.1) is 0 Å². The van der Waals surface area contributed by atoms with Crippen molar-refractivity contribution in [1.29, 1.82) is 5.26 Å². The van der Waals surface area contributed by atoms with E-state index in [9.17, 15) is 10.1 Å². The Labute approximate surface area is 157 Å². The van der Waals surface area contributed by atoms with Gasteiger partial charge in [0.25, 0.3) is 5.56 Å². The van der Waals surface area contributed by atoms with E-state index >= 15 is 0 Å². The molecule has 0 aliphatic heterocycles. The number of hydrogen-bond donors (Lipinski definition) is 1. The molecule has 0 aliphatic carbocycles. The van der Waals surface area contributed by atoms with Gasteiger partial charge < -0.3 is 14.5 Å². The molecule has 0 saturated carbocycles. The minimum atomic E-state index is -0.450.